The number of hydrogen-bond acceptors (Lipinski definition) is 4. The molecule has 3 nitrogen and oxygen atoms in total. The molecule has 1 aromatic carbocycles. The number of nitrogens with zero attached hydrogens (tertiary/aromatic N) is 2. The van der Waals surface area contributed by atoms with E-state index in [-0.39, 0.29) is 5.82 Å². The van der Waals surface area contributed by atoms with Crippen LogP contribution >= 0.6 is 11.3 Å². The van der Waals surface area contributed by atoms with Crippen LogP contribution in [0.3, 0.4) is 0 Å². The van der Waals surface area contributed by atoms with Crippen molar-refractivity contribution in [1.82, 2.24) is 15.3 Å². The van der Waals surface area contributed by atoms with E-state index in [1.165, 1.54) is 17.7 Å². The summed E-state index contributed by atoms with van der Waals surface area (Å²) in [7, 11) is 0. The highest BCUT2D eigenvalue weighted by molar-refractivity contribution is 7.09. The van der Waals surface area contributed by atoms with Gasteiger partial charge >= 0.3 is 0 Å². The molecule has 3 rings (SSSR count). The fourth-order valence-electron chi connectivity index (χ4n) is 2.11. The fraction of sp³-hybridized carbons (Fsp3) is 0.176. The molecule has 0 radical (unpaired) electrons. The van der Waals surface area contributed by atoms with Gasteiger partial charge in [-0.1, -0.05) is 0 Å². The van der Waals surface area contributed by atoms with E-state index >= 15 is 0 Å². The van der Waals surface area contributed by atoms with E-state index < -0.39 is 0 Å². The van der Waals surface area contributed by atoms with Crippen molar-refractivity contribution in [1.29, 1.82) is 0 Å². The Kier molecular flexibility index (Phi) is 4.88. The highest BCUT2D eigenvalue weighted by Crippen LogP contribution is 2.22. The van der Waals surface area contributed by atoms with Crippen molar-refractivity contribution in [2.24, 2.45) is 0 Å². The second-order valence-electron chi connectivity index (χ2n) is 4.92. The average Bonchev–Trinajstić information content (AvgIpc) is 3.02. The van der Waals surface area contributed by atoms with Crippen molar-refractivity contribution in [2.45, 2.75) is 13.0 Å². The Balaban J connectivity index is 1.50. The summed E-state index contributed by atoms with van der Waals surface area (Å²) in [5.41, 5.74) is 3.09. The maximum absolute atomic E-state index is 12.9. The topological polar surface area (TPSA) is 37.8 Å². The molecule has 0 aliphatic heterocycles. The number of rotatable bonds is 6. The molecule has 1 N–H and O–H groups in total. The van der Waals surface area contributed by atoms with Gasteiger partial charge in [0, 0.05) is 42.8 Å². The normalized spacial score (nSPS) is 10.8. The minimum Gasteiger partial charge on any atom is -0.312 e. The van der Waals surface area contributed by atoms with Crippen LogP contribution in [0.4, 0.5) is 4.39 Å². The lowest BCUT2D eigenvalue weighted by molar-refractivity contribution is 0.628. The monoisotopic (exact) mass is 313 g/mol. The smallest absolute Gasteiger partial charge is 0.123 e. The third kappa shape index (κ3) is 3.96. The van der Waals surface area contributed by atoms with Crippen molar-refractivity contribution in [3.8, 4) is 11.3 Å². The van der Waals surface area contributed by atoms with Gasteiger partial charge in [-0.2, -0.15) is 0 Å². The van der Waals surface area contributed by atoms with E-state index in [2.05, 4.69) is 15.3 Å². The fourth-order valence-corrected chi connectivity index (χ4v) is 2.92. The Morgan fingerprint density at radius 2 is 1.82 bits per heavy atom. The summed E-state index contributed by atoms with van der Waals surface area (Å²) in [5.74, 6) is -0.223. The molecular weight excluding hydrogens is 297 g/mol. The summed E-state index contributed by atoms with van der Waals surface area (Å²) in [5, 5.41) is 6.50. The first-order chi connectivity index (χ1) is 10.8. The lowest BCUT2D eigenvalue weighted by Gasteiger charge is -2.02. The second-order valence-corrected chi connectivity index (χ2v) is 5.86. The predicted octanol–water partition coefficient (Wildman–Crippen LogP) is 3.68. The van der Waals surface area contributed by atoms with Gasteiger partial charge in [0.25, 0.3) is 0 Å². The SMILES string of the molecule is Fc1ccc(-c2csc(CCNCc3ccncc3)n2)cc1. The maximum Gasteiger partial charge on any atom is 0.123 e. The molecule has 0 fully saturated rings. The number of thiazole rings is 1. The van der Waals surface area contributed by atoms with Gasteiger partial charge in [-0.15, -0.1) is 11.3 Å². The molecule has 112 valence electrons. The van der Waals surface area contributed by atoms with E-state index in [0.717, 1.165) is 35.8 Å². The summed E-state index contributed by atoms with van der Waals surface area (Å²) in [6, 6.07) is 10.5. The Labute approximate surface area is 132 Å². The maximum atomic E-state index is 12.9. The van der Waals surface area contributed by atoms with E-state index in [0.29, 0.717) is 0 Å². The zero-order chi connectivity index (χ0) is 15.2. The summed E-state index contributed by atoms with van der Waals surface area (Å²) in [6.45, 7) is 1.71. The van der Waals surface area contributed by atoms with E-state index in [9.17, 15) is 4.39 Å². The molecule has 0 spiro atoms. The number of hydrogen-bond donors (Lipinski definition) is 1. The number of halogens is 1. The van der Waals surface area contributed by atoms with Crippen LogP contribution < -0.4 is 5.32 Å². The lowest BCUT2D eigenvalue weighted by atomic mass is 10.2. The molecule has 2 aromatic heterocycles. The van der Waals surface area contributed by atoms with Crippen LogP contribution in [0.1, 0.15) is 10.6 Å². The van der Waals surface area contributed by atoms with Gasteiger partial charge in [-0.05, 0) is 42.0 Å². The second kappa shape index (κ2) is 7.24. The minimum absolute atomic E-state index is 0.223. The van der Waals surface area contributed by atoms with Crippen LogP contribution in [0.25, 0.3) is 11.3 Å². The zero-order valence-electron chi connectivity index (χ0n) is 12.0. The quantitative estimate of drug-likeness (QED) is 0.706. The summed E-state index contributed by atoms with van der Waals surface area (Å²) < 4.78 is 12.9. The van der Waals surface area contributed by atoms with Crippen LogP contribution in [-0.2, 0) is 13.0 Å². The van der Waals surface area contributed by atoms with Crippen LogP contribution in [0.2, 0.25) is 0 Å². The van der Waals surface area contributed by atoms with E-state index in [4.69, 9.17) is 0 Å². The third-order valence-corrected chi connectivity index (χ3v) is 4.19. The molecule has 2 heterocycles. The molecule has 3 aromatic rings. The molecule has 0 amide bonds. The first-order valence-corrected chi connectivity index (χ1v) is 7.99. The first kappa shape index (κ1) is 14.8. The Morgan fingerprint density at radius 3 is 2.59 bits per heavy atom. The number of benzene rings is 1. The molecule has 0 unspecified atom stereocenters. The van der Waals surface area contributed by atoms with E-state index in [1.54, 1.807) is 35.9 Å². The van der Waals surface area contributed by atoms with Gasteiger partial charge in [-0.25, -0.2) is 9.37 Å². The zero-order valence-corrected chi connectivity index (χ0v) is 12.8. The molecule has 0 aliphatic carbocycles. The largest absolute Gasteiger partial charge is 0.312 e. The van der Waals surface area contributed by atoms with Crippen molar-refractivity contribution in [3.63, 3.8) is 0 Å². The molecular formula is C17H16FN3S. The highest BCUT2D eigenvalue weighted by atomic mass is 32.1. The van der Waals surface area contributed by atoms with Gasteiger partial charge in [0.2, 0.25) is 0 Å². The van der Waals surface area contributed by atoms with Gasteiger partial charge in [0.15, 0.2) is 0 Å². The molecule has 22 heavy (non-hydrogen) atoms. The minimum atomic E-state index is -0.223. The first-order valence-electron chi connectivity index (χ1n) is 7.11. The molecule has 0 aliphatic rings. The average molecular weight is 313 g/mol. The number of pyridine rings is 1. The molecule has 5 heteroatoms. The Morgan fingerprint density at radius 1 is 1.05 bits per heavy atom. The van der Waals surface area contributed by atoms with Crippen LogP contribution in [0, 0.1) is 5.82 Å². The molecule has 0 saturated heterocycles. The van der Waals surface area contributed by atoms with Gasteiger partial charge in [0.05, 0.1) is 10.7 Å². The standard InChI is InChI=1S/C17H16FN3S/c18-15-3-1-14(2-4-15)16-12-22-17(21-16)7-10-20-11-13-5-8-19-9-6-13/h1-6,8-9,12,20H,7,10-11H2. The molecule has 0 saturated carbocycles. The van der Waals surface area contributed by atoms with Gasteiger partial charge < -0.3 is 5.32 Å². The highest BCUT2D eigenvalue weighted by Gasteiger charge is 2.04. The summed E-state index contributed by atoms with van der Waals surface area (Å²) in [4.78, 5) is 8.60. The van der Waals surface area contributed by atoms with Crippen LogP contribution in [-0.4, -0.2) is 16.5 Å². The Hall–Kier alpha value is -2.11. The lowest BCUT2D eigenvalue weighted by Crippen LogP contribution is -2.16. The molecule has 0 bridgehead atoms. The van der Waals surface area contributed by atoms with Gasteiger partial charge in [0.1, 0.15) is 5.82 Å². The Bertz CT molecular complexity index is 710. The predicted molar refractivity (Wildman–Crippen MR) is 87.2 cm³/mol. The summed E-state index contributed by atoms with van der Waals surface area (Å²) >= 11 is 1.64. The third-order valence-electron chi connectivity index (χ3n) is 3.29. The van der Waals surface area contributed by atoms with Crippen LogP contribution in [0.5, 0.6) is 0 Å². The number of aromatic nitrogens is 2. The van der Waals surface area contributed by atoms with Crippen molar-refractivity contribution in [2.75, 3.05) is 6.54 Å². The van der Waals surface area contributed by atoms with Gasteiger partial charge in [-0.3, -0.25) is 4.98 Å². The van der Waals surface area contributed by atoms with E-state index in [1.807, 2.05) is 17.5 Å². The van der Waals surface area contributed by atoms with Crippen molar-refractivity contribution >= 4 is 11.3 Å². The van der Waals surface area contributed by atoms with Crippen LogP contribution in [0.15, 0.2) is 54.2 Å². The number of nitrogens with one attached hydrogen (secondary N) is 1. The van der Waals surface area contributed by atoms with Crippen molar-refractivity contribution in [3.05, 3.63) is 70.6 Å². The molecule has 0 atom stereocenters. The summed E-state index contributed by atoms with van der Waals surface area (Å²) in [6.07, 6.45) is 4.48. The van der Waals surface area contributed by atoms with Crippen molar-refractivity contribution < 1.29 is 4.39 Å².